The summed E-state index contributed by atoms with van der Waals surface area (Å²) in [5.41, 5.74) is 10.2. The van der Waals surface area contributed by atoms with E-state index in [1.165, 1.54) is 18.3 Å². The minimum absolute atomic E-state index is 0.0149. The van der Waals surface area contributed by atoms with Crippen LogP contribution in [0, 0.1) is 0 Å². The van der Waals surface area contributed by atoms with Crippen LogP contribution in [0.2, 0.25) is 0 Å². The number of alkyl halides is 2. The number of anilines is 1. The first-order valence-corrected chi connectivity index (χ1v) is 4.52. The van der Waals surface area contributed by atoms with Crippen LogP contribution in [-0.2, 0) is 0 Å². The SMILES string of the molecule is NCC(F)(F)CNc1ccnc(C(N)=O)c1. The molecule has 0 bridgehead atoms. The van der Waals surface area contributed by atoms with Gasteiger partial charge in [-0.05, 0) is 12.1 Å². The number of pyridine rings is 1. The molecule has 5 N–H and O–H groups in total. The maximum Gasteiger partial charge on any atom is 0.276 e. The lowest BCUT2D eigenvalue weighted by molar-refractivity contribution is 0.0254. The van der Waals surface area contributed by atoms with E-state index < -0.39 is 24.9 Å². The van der Waals surface area contributed by atoms with Crippen molar-refractivity contribution in [2.24, 2.45) is 11.5 Å². The molecule has 0 aromatic carbocycles. The van der Waals surface area contributed by atoms with Crippen LogP contribution in [0.25, 0.3) is 0 Å². The highest BCUT2D eigenvalue weighted by molar-refractivity contribution is 5.91. The molecular weight excluding hydrogens is 218 g/mol. The first kappa shape index (κ1) is 12.3. The largest absolute Gasteiger partial charge is 0.379 e. The van der Waals surface area contributed by atoms with E-state index >= 15 is 0 Å². The smallest absolute Gasteiger partial charge is 0.276 e. The first-order valence-electron chi connectivity index (χ1n) is 4.52. The highest BCUT2D eigenvalue weighted by Gasteiger charge is 2.26. The number of aromatic nitrogens is 1. The summed E-state index contributed by atoms with van der Waals surface area (Å²) < 4.78 is 25.6. The highest BCUT2D eigenvalue weighted by atomic mass is 19.3. The van der Waals surface area contributed by atoms with Crippen molar-refractivity contribution in [1.29, 1.82) is 0 Å². The summed E-state index contributed by atoms with van der Waals surface area (Å²) in [6.07, 6.45) is 1.31. The van der Waals surface area contributed by atoms with Crippen molar-refractivity contribution < 1.29 is 13.6 Å². The molecule has 1 rings (SSSR count). The number of primary amides is 1. The number of amides is 1. The molecule has 0 spiro atoms. The quantitative estimate of drug-likeness (QED) is 0.672. The summed E-state index contributed by atoms with van der Waals surface area (Å²) in [4.78, 5) is 14.5. The zero-order valence-electron chi connectivity index (χ0n) is 8.41. The van der Waals surface area contributed by atoms with Gasteiger partial charge in [0.2, 0.25) is 0 Å². The Morgan fingerprint density at radius 2 is 2.25 bits per heavy atom. The monoisotopic (exact) mass is 230 g/mol. The Hall–Kier alpha value is -1.76. The van der Waals surface area contributed by atoms with Gasteiger partial charge in [-0.3, -0.25) is 9.78 Å². The fraction of sp³-hybridized carbons (Fsp3) is 0.333. The number of nitrogens with zero attached hydrogens (tertiary/aromatic N) is 1. The zero-order chi connectivity index (χ0) is 12.2. The number of halogens is 2. The second kappa shape index (κ2) is 4.84. The molecule has 0 aliphatic carbocycles. The maximum atomic E-state index is 12.8. The lowest BCUT2D eigenvalue weighted by Gasteiger charge is -2.15. The van der Waals surface area contributed by atoms with E-state index in [0.29, 0.717) is 5.69 Å². The van der Waals surface area contributed by atoms with Gasteiger partial charge in [0, 0.05) is 11.9 Å². The van der Waals surface area contributed by atoms with Crippen molar-refractivity contribution in [3.05, 3.63) is 24.0 Å². The van der Waals surface area contributed by atoms with Crippen molar-refractivity contribution in [1.82, 2.24) is 4.98 Å². The Bertz CT molecular complexity index is 384. The van der Waals surface area contributed by atoms with Crippen LogP contribution in [-0.4, -0.2) is 29.9 Å². The second-order valence-corrected chi connectivity index (χ2v) is 3.21. The van der Waals surface area contributed by atoms with Crippen LogP contribution < -0.4 is 16.8 Å². The minimum atomic E-state index is -2.99. The normalized spacial score (nSPS) is 11.2. The Morgan fingerprint density at radius 3 is 2.81 bits per heavy atom. The van der Waals surface area contributed by atoms with E-state index in [1.807, 2.05) is 0 Å². The highest BCUT2D eigenvalue weighted by Crippen LogP contribution is 2.14. The number of nitrogens with one attached hydrogen (secondary N) is 1. The molecule has 1 aromatic heterocycles. The summed E-state index contributed by atoms with van der Waals surface area (Å²) in [6, 6.07) is 2.76. The molecule has 0 unspecified atom stereocenters. The molecule has 88 valence electrons. The van der Waals surface area contributed by atoms with Crippen LogP contribution in [0.15, 0.2) is 18.3 Å². The lowest BCUT2D eigenvalue weighted by atomic mass is 10.3. The van der Waals surface area contributed by atoms with Crippen LogP contribution >= 0.6 is 0 Å². The molecule has 1 amide bonds. The van der Waals surface area contributed by atoms with Gasteiger partial charge in [0.15, 0.2) is 0 Å². The summed E-state index contributed by atoms with van der Waals surface area (Å²) >= 11 is 0. The Morgan fingerprint density at radius 1 is 1.56 bits per heavy atom. The molecule has 0 aliphatic rings. The predicted molar refractivity (Wildman–Crippen MR) is 55.2 cm³/mol. The van der Waals surface area contributed by atoms with Crippen LogP contribution in [0.1, 0.15) is 10.5 Å². The summed E-state index contributed by atoms with van der Waals surface area (Å²) in [7, 11) is 0. The molecule has 0 atom stereocenters. The topological polar surface area (TPSA) is 94.0 Å². The summed E-state index contributed by atoms with van der Waals surface area (Å²) in [5.74, 6) is -3.70. The number of rotatable bonds is 5. The number of hydrogen-bond acceptors (Lipinski definition) is 4. The summed E-state index contributed by atoms with van der Waals surface area (Å²) in [6.45, 7) is -1.35. The van der Waals surface area contributed by atoms with Crippen LogP contribution in [0.4, 0.5) is 14.5 Å². The average molecular weight is 230 g/mol. The fourth-order valence-electron chi connectivity index (χ4n) is 0.979. The molecular formula is C9H12F2N4O. The molecule has 16 heavy (non-hydrogen) atoms. The first-order chi connectivity index (χ1) is 7.44. The fourth-order valence-corrected chi connectivity index (χ4v) is 0.979. The molecule has 0 aliphatic heterocycles. The molecule has 0 saturated carbocycles. The summed E-state index contributed by atoms with van der Waals surface area (Å²) in [5, 5.41) is 2.45. The third-order valence-corrected chi connectivity index (χ3v) is 1.86. The second-order valence-electron chi connectivity index (χ2n) is 3.21. The predicted octanol–water partition coefficient (Wildman–Crippen LogP) is 0.186. The van der Waals surface area contributed by atoms with E-state index in [4.69, 9.17) is 11.5 Å². The minimum Gasteiger partial charge on any atom is -0.379 e. The molecule has 5 nitrogen and oxygen atoms in total. The number of carbonyl (C=O) groups is 1. The van der Waals surface area contributed by atoms with Crippen molar-refractivity contribution in [3.8, 4) is 0 Å². The van der Waals surface area contributed by atoms with Gasteiger partial charge in [0.25, 0.3) is 11.8 Å². The maximum absolute atomic E-state index is 12.8. The number of hydrogen-bond donors (Lipinski definition) is 3. The van der Waals surface area contributed by atoms with Crippen molar-refractivity contribution in [2.45, 2.75) is 5.92 Å². The molecule has 7 heteroatoms. The Balaban J connectivity index is 2.68. The van der Waals surface area contributed by atoms with Gasteiger partial charge >= 0.3 is 0 Å². The van der Waals surface area contributed by atoms with Gasteiger partial charge in [0.05, 0.1) is 13.1 Å². The number of nitrogens with two attached hydrogens (primary N) is 2. The van der Waals surface area contributed by atoms with Gasteiger partial charge in [0.1, 0.15) is 5.69 Å². The molecule has 0 saturated heterocycles. The standard InChI is InChI=1S/C9H12F2N4O/c10-9(11,4-12)5-15-6-1-2-14-7(3-6)8(13)16/h1-3H,4-5,12H2,(H2,13,16)(H,14,15). The van der Waals surface area contributed by atoms with Gasteiger partial charge in [-0.2, -0.15) is 0 Å². The van der Waals surface area contributed by atoms with Gasteiger partial charge in [-0.25, -0.2) is 8.78 Å². The van der Waals surface area contributed by atoms with Crippen molar-refractivity contribution in [2.75, 3.05) is 18.4 Å². The van der Waals surface area contributed by atoms with E-state index in [9.17, 15) is 13.6 Å². The molecule has 0 fully saturated rings. The van der Waals surface area contributed by atoms with Crippen LogP contribution in [0.3, 0.4) is 0 Å². The Labute approximate surface area is 90.8 Å². The van der Waals surface area contributed by atoms with Gasteiger partial charge < -0.3 is 16.8 Å². The van der Waals surface area contributed by atoms with Crippen molar-refractivity contribution >= 4 is 11.6 Å². The third-order valence-electron chi connectivity index (χ3n) is 1.86. The number of carbonyl (C=O) groups excluding carboxylic acids is 1. The third kappa shape index (κ3) is 3.43. The van der Waals surface area contributed by atoms with E-state index in [1.54, 1.807) is 0 Å². The van der Waals surface area contributed by atoms with Crippen molar-refractivity contribution in [3.63, 3.8) is 0 Å². The molecule has 0 radical (unpaired) electrons. The lowest BCUT2D eigenvalue weighted by Crippen LogP contribution is -2.35. The average Bonchev–Trinajstić information content (AvgIpc) is 2.27. The van der Waals surface area contributed by atoms with E-state index in [0.717, 1.165) is 0 Å². The van der Waals surface area contributed by atoms with Gasteiger partial charge in [-0.15, -0.1) is 0 Å². The Kier molecular flexibility index (Phi) is 3.73. The molecule has 1 aromatic rings. The molecule has 1 heterocycles. The van der Waals surface area contributed by atoms with Gasteiger partial charge in [-0.1, -0.05) is 0 Å². The van der Waals surface area contributed by atoms with E-state index in [-0.39, 0.29) is 5.69 Å². The van der Waals surface area contributed by atoms with E-state index in [2.05, 4.69) is 10.3 Å². The zero-order valence-corrected chi connectivity index (χ0v) is 8.41. The van der Waals surface area contributed by atoms with Crippen LogP contribution in [0.5, 0.6) is 0 Å².